The standard InChI is InChI=1S/C16H28N4O/c1-5-21-15-12(17)14(20-16(2,3)4)18-13(19-15)11-9-7-6-8-10-11/h11H,5-10,17H2,1-4H3,(H,18,19,20). The first-order valence-corrected chi connectivity index (χ1v) is 7.99. The van der Waals surface area contributed by atoms with Crippen LogP contribution in [-0.2, 0) is 0 Å². The van der Waals surface area contributed by atoms with Crippen molar-refractivity contribution < 1.29 is 4.74 Å². The SMILES string of the molecule is CCOc1nc(C2CCCCC2)nc(NC(C)(C)C)c1N. The summed E-state index contributed by atoms with van der Waals surface area (Å²) in [6.07, 6.45) is 6.14. The number of nitrogens with two attached hydrogens (primary N) is 1. The zero-order chi connectivity index (χ0) is 15.5. The summed E-state index contributed by atoms with van der Waals surface area (Å²) in [4.78, 5) is 9.28. The number of rotatable bonds is 4. The lowest BCUT2D eigenvalue weighted by Crippen LogP contribution is -2.28. The van der Waals surface area contributed by atoms with Gasteiger partial charge in [0.15, 0.2) is 5.82 Å². The third kappa shape index (κ3) is 4.22. The highest BCUT2D eigenvalue weighted by atomic mass is 16.5. The topological polar surface area (TPSA) is 73.1 Å². The number of ether oxygens (including phenoxy) is 1. The quantitative estimate of drug-likeness (QED) is 0.885. The third-order valence-electron chi connectivity index (χ3n) is 3.67. The second kappa shape index (κ2) is 6.50. The fraction of sp³-hybridized carbons (Fsp3) is 0.750. The number of aromatic nitrogens is 2. The van der Waals surface area contributed by atoms with Gasteiger partial charge in [-0.25, -0.2) is 4.98 Å². The molecule has 0 bridgehead atoms. The Labute approximate surface area is 127 Å². The van der Waals surface area contributed by atoms with Gasteiger partial charge < -0.3 is 15.8 Å². The Balaban J connectivity index is 2.35. The van der Waals surface area contributed by atoms with Gasteiger partial charge in [-0.05, 0) is 40.5 Å². The molecular weight excluding hydrogens is 264 g/mol. The molecule has 1 aromatic heterocycles. The van der Waals surface area contributed by atoms with E-state index in [1.165, 1.54) is 19.3 Å². The Bertz CT molecular complexity index is 476. The fourth-order valence-electron chi connectivity index (χ4n) is 2.71. The molecule has 5 heteroatoms. The van der Waals surface area contributed by atoms with E-state index < -0.39 is 0 Å². The van der Waals surface area contributed by atoms with Crippen molar-refractivity contribution in [1.29, 1.82) is 0 Å². The molecule has 2 rings (SSSR count). The van der Waals surface area contributed by atoms with Crippen LogP contribution in [0.1, 0.15) is 71.5 Å². The predicted octanol–water partition coefficient (Wildman–Crippen LogP) is 3.72. The van der Waals surface area contributed by atoms with E-state index in [2.05, 4.69) is 31.1 Å². The Hall–Kier alpha value is -1.52. The number of nitrogens with zero attached hydrogens (tertiary/aromatic N) is 2. The van der Waals surface area contributed by atoms with Crippen molar-refractivity contribution >= 4 is 11.5 Å². The van der Waals surface area contributed by atoms with Crippen molar-refractivity contribution in [3.05, 3.63) is 5.82 Å². The highest BCUT2D eigenvalue weighted by Crippen LogP contribution is 2.35. The minimum Gasteiger partial charge on any atom is -0.476 e. The maximum Gasteiger partial charge on any atom is 0.242 e. The molecule has 0 aliphatic heterocycles. The third-order valence-corrected chi connectivity index (χ3v) is 3.67. The molecule has 1 heterocycles. The predicted molar refractivity (Wildman–Crippen MR) is 86.8 cm³/mol. The highest BCUT2D eigenvalue weighted by Gasteiger charge is 2.23. The molecule has 118 valence electrons. The van der Waals surface area contributed by atoms with E-state index in [4.69, 9.17) is 15.5 Å². The maximum absolute atomic E-state index is 6.16. The Kier molecular flexibility index (Phi) is 4.91. The zero-order valence-electron chi connectivity index (χ0n) is 13.7. The Morgan fingerprint density at radius 2 is 1.86 bits per heavy atom. The second-order valence-corrected chi connectivity index (χ2v) is 6.79. The minimum absolute atomic E-state index is 0.101. The summed E-state index contributed by atoms with van der Waals surface area (Å²) < 4.78 is 5.61. The van der Waals surface area contributed by atoms with Gasteiger partial charge in [-0.2, -0.15) is 4.98 Å². The van der Waals surface area contributed by atoms with Crippen LogP contribution in [0.3, 0.4) is 0 Å². The molecule has 1 aliphatic carbocycles. The van der Waals surface area contributed by atoms with Gasteiger partial charge in [0.1, 0.15) is 11.5 Å². The van der Waals surface area contributed by atoms with Crippen molar-refractivity contribution in [2.45, 2.75) is 71.3 Å². The lowest BCUT2D eigenvalue weighted by atomic mass is 9.88. The van der Waals surface area contributed by atoms with E-state index in [1.807, 2.05) is 6.92 Å². The Morgan fingerprint density at radius 1 is 1.19 bits per heavy atom. The van der Waals surface area contributed by atoms with Crippen molar-refractivity contribution in [3.8, 4) is 5.88 Å². The molecule has 0 saturated heterocycles. The van der Waals surface area contributed by atoms with E-state index in [0.29, 0.717) is 29.9 Å². The molecule has 0 spiro atoms. The monoisotopic (exact) mass is 292 g/mol. The van der Waals surface area contributed by atoms with Gasteiger partial charge in [-0.3, -0.25) is 0 Å². The van der Waals surface area contributed by atoms with Crippen LogP contribution in [0.5, 0.6) is 5.88 Å². The van der Waals surface area contributed by atoms with E-state index in [0.717, 1.165) is 18.7 Å². The molecule has 0 atom stereocenters. The summed E-state index contributed by atoms with van der Waals surface area (Å²) in [5.41, 5.74) is 6.57. The van der Waals surface area contributed by atoms with Crippen molar-refractivity contribution in [3.63, 3.8) is 0 Å². The van der Waals surface area contributed by atoms with Crippen molar-refractivity contribution in [1.82, 2.24) is 9.97 Å². The molecule has 3 N–H and O–H groups in total. The average Bonchev–Trinajstić information content (AvgIpc) is 2.43. The van der Waals surface area contributed by atoms with Crippen LogP contribution in [0.2, 0.25) is 0 Å². The van der Waals surface area contributed by atoms with Crippen LogP contribution >= 0.6 is 0 Å². The number of hydrogen-bond acceptors (Lipinski definition) is 5. The van der Waals surface area contributed by atoms with E-state index in [9.17, 15) is 0 Å². The van der Waals surface area contributed by atoms with Gasteiger partial charge in [0, 0.05) is 11.5 Å². The fourth-order valence-corrected chi connectivity index (χ4v) is 2.71. The lowest BCUT2D eigenvalue weighted by Gasteiger charge is -2.25. The molecule has 1 fully saturated rings. The smallest absolute Gasteiger partial charge is 0.242 e. The van der Waals surface area contributed by atoms with Crippen molar-refractivity contribution in [2.75, 3.05) is 17.7 Å². The minimum atomic E-state index is -0.101. The van der Waals surface area contributed by atoms with Crippen LogP contribution in [0, 0.1) is 0 Å². The summed E-state index contributed by atoms with van der Waals surface area (Å²) in [5.74, 6) is 2.51. The van der Waals surface area contributed by atoms with Crippen LogP contribution in [0.25, 0.3) is 0 Å². The van der Waals surface area contributed by atoms with Crippen LogP contribution < -0.4 is 15.8 Å². The van der Waals surface area contributed by atoms with E-state index in [-0.39, 0.29) is 5.54 Å². The van der Waals surface area contributed by atoms with E-state index in [1.54, 1.807) is 0 Å². The van der Waals surface area contributed by atoms with Gasteiger partial charge in [-0.1, -0.05) is 19.3 Å². The molecule has 0 unspecified atom stereocenters. The van der Waals surface area contributed by atoms with Crippen LogP contribution in [0.4, 0.5) is 11.5 Å². The average molecular weight is 292 g/mol. The molecule has 1 aliphatic rings. The molecular formula is C16H28N4O. The molecule has 0 aromatic carbocycles. The molecule has 0 radical (unpaired) electrons. The number of anilines is 2. The van der Waals surface area contributed by atoms with Crippen LogP contribution in [-0.4, -0.2) is 22.1 Å². The molecule has 1 aromatic rings. The zero-order valence-corrected chi connectivity index (χ0v) is 13.7. The van der Waals surface area contributed by atoms with Crippen LogP contribution in [0.15, 0.2) is 0 Å². The molecule has 0 amide bonds. The largest absolute Gasteiger partial charge is 0.476 e. The summed E-state index contributed by atoms with van der Waals surface area (Å²) in [6, 6.07) is 0. The highest BCUT2D eigenvalue weighted by molar-refractivity contribution is 5.67. The number of nitrogens with one attached hydrogen (secondary N) is 1. The molecule has 1 saturated carbocycles. The summed E-state index contributed by atoms with van der Waals surface area (Å²) >= 11 is 0. The van der Waals surface area contributed by atoms with Gasteiger partial charge in [0.25, 0.3) is 0 Å². The van der Waals surface area contributed by atoms with E-state index >= 15 is 0 Å². The first-order chi connectivity index (χ1) is 9.90. The van der Waals surface area contributed by atoms with Crippen molar-refractivity contribution in [2.24, 2.45) is 0 Å². The Morgan fingerprint density at radius 3 is 2.43 bits per heavy atom. The first-order valence-electron chi connectivity index (χ1n) is 7.99. The summed E-state index contributed by atoms with van der Waals surface area (Å²) in [6.45, 7) is 8.78. The number of hydrogen-bond donors (Lipinski definition) is 2. The van der Waals surface area contributed by atoms with Gasteiger partial charge in [0.2, 0.25) is 5.88 Å². The maximum atomic E-state index is 6.16. The van der Waals surface area contributed by atoms with Gasteiger partial charge >= 0.3 is 0 Å². The second-order valence-electron chi connectivity index (χ2n) is 6.79. The summed E-state index contributed by atoms with van der Waals surface area (Å²) in [7, 11) is 0. The van der Waals surface area contributed by atoms with Gasteiger partial charge in [-0.15, -0.1) is 0 Å². The summed E-state index contributed by atoms with van der Waals surface area (Å²) in [5, 5.41) is 3.37. The first kappa shape index (κ1) is 15.9. The normalized spacial score (nSPS) is 16.8. The lowest BCUT2D eigenvalue weighted by molar-refractivity contribution is 0.323. The molecule has 21 heavy (non-hydrogen) atoms. The molecule has 5 nitrogen and oxygen atoms in total. The number of nitrogen functional groups attached to an aromatic ring is 1. The van der Waals surface area contributed by atoms with Gasteiger partial charge in [0.05, 0.1) is 6.61 Å².